The lowest BCUT2D eigenvalue weighted by Gasteiger charge is -2.33. The monoisotopic (exact) mass is 491 g/mol. The van der Waals surface area contributed by atoms with Crippen LogP contribution in [0.15, 0.2) is 119 Å². The number of ether oxygens (including phenoxy) is 1. The Bertz CT molecular complexity index is 2000. The van der Waals surface area contributed by atoms with E-state index in [1.54, 1.807) is 0 Å². The van der Waals surface area contributed by atoms with E-state index in [0.717, 1.165) is 45.0 Å². The first-order valence-electron chi connectivity index (χ1n) is 12.4. The number of benzene rings is 5. The third-order valence-electron chi connectivity index (χ3n) is 7.64. The van der Waals surface area contributed by atoms with Gasteiger partial charge in [-0.05, 0) is 53.4 Å². The largest absolute Gasteiger partial charge is 0.458 e. The van der Waals surface area contributed by atoms with Crippen LogP contribution in [0.25, 0.3) is 33.5 Å². The van der Waals surface area contributed by atoms with E-state index < -0.39 is 0 Å². The molecule has 6 heteroatoms. The molecule has 2 aliphatic rings. The van der Waals surface area contributed by atoms with Crippen molar-refractivity contribution in [1.29, 1.82) is 0 Å². The molecule has 7 aromatic rings. The fourth-order valence-electron chi connectivity index (χ4n) is 6.11. The highest BCUT2D eigenvalue weighted by Crippen LogP contribution is 2.39. The molecule has 0 amide bonds. The predicted molar refractivity (Wildman–Crippen MR) is 151 cm³/mol. The summed E-state index contributed by atoms with van der Waals surface area (Å²) in [7, 11) is 0. The molecule has 0 N–H and O–H groups in total. The summed E-state index contributed by atoms with van der Waals surface area (Å²) in [5.41, 5.74) is 9.25. The van der Waals surface area contributed by atoms with Gasteiger partial charge in [-0.15, -0.1) is 0 Å². The van der Waals surface area contributed by atoms with Gasteiger partial charge in [-0.1, -0.05) is 77.9 Å². The van der Waals surface area contributed by atoms with E-state index in [-0.39, 0.29) is 6.71 Å². The maximum absolute atomic E-state index is 6.61. The van der Waals surface area contributed by atoms with Gasteiger partial charge in [0.05, 0.1) is 27.8 Å². The Hall–Kier alpha value is -4.42. The van der Waals surface area contributed by atoms with Gasteiger partial charge in [-0.3, -0.25) is 8.97 Å². The summed E-state index contributed by atoms with van der Waals surface area (Å²) in [5, 5.41) is 0. The van der Waals surface area contributed by atoms with Crippen molar-refractivity contribution in [3.8, 4) is 17.2 Å². The Balaban J connectivity index is 1.37. The highest BCUT2D eigenvalue weighted by atomic mass is 32.2. The lowest BCUT2D eigenvalue weighted by Crippen LogP contribution is -2.57. The van der Waals surface area contributed by atoms with Gasteiger partial charge in [0.15, 0.2) is 0 Å². The van der Waals surface area contributed by atoms with Gasteiger partial charge in [0.1, 0.15) is 11.5 Å². The van der Waals surface area contributed by atoms with Gasteiger partial charge >= 0.3 is 0 Å². The summed E-state index contributed by atoms with van der Waals surface area (Å²) in [5.74, 6) is 2.76. The molecule has 9 rings (SSSR count). The molecule has 2 aliphatic heterocycles. The number of imidazole rings is 2. The Morgan fingerprint density at radius 1 is 0.649 bits per heavy atom. The normalized spacial score (nSPS) is 13.5. The second-order valence-electron chi connectivity index (χ2n) is 9.63. The lowest BCUT2D eigenvalue weighted by atomic mass is 9.35. The van der Waals surface area contributed by atoms with Gasteiger partial charge in [-0.25, -0.2) is 4.98 Å². The molecule has 0 atom stereocenters. The first-order chi connectivity index (χ1) is 18.3. The van der Waals surface area contributed by atoms with Crippen molar-refractivity contribution in [3.63, 3.8) is 0 Å². The minimum absolute atomic E-state index is 0.164. The van der Waals surface area contributed by atoms with Gasteiger partial charge in [-0.2, -0.15) is 0 Å². The van der Waals surface area contributed by atoms with Crippen molar-refractivity contribution in [2.24, 2.45) is 0 Å². The number of para-hydroxylation sites is 5. The van der Waals surface area contributed by atoms with Crippen LogP contribution in [0.2, 0.25) is 0 Å². The van der Waals surface area contributed by atoms with Crippen molar-refractivity contribution in [2.75, 3.05) is 0 Å². The highest BCUT2D eigenvalue weighted by molar-refractivity contribution is 8.00. The van der Waals surface area contributed by atoms with Gasteiger partial charge < -0.3 is 4.74 Å². The Morgan fingerprint density at radius 3 is 2.30 bits per heavy atom. The molecule has 37 heavy (non-hydrogen) atoms. The molecule has 0 saturated carbocycles. The maximum atomic E-state index is 6.61. The number of nitrogens with zero attached hydrogens (tertiary/aromatic N) is 3. The van der Waals surface area contributed by atoms with Crippen molar-refractivity contribution in [1.82, 2.24) is 14.0 Å². The van der Waals surface area contributed by atoms with Crippen LogP contribution in [0.5, 0.6) is 11.5 Å². The van der Waals surface area contributed by atoms with E-state index in [9.17, 15) is 0 Å². The second kappa shape index (κ2) is 7.08. The number of aromatic nitrogens is 3. The molecule has 5 aromatic carbocycles. The molecule has 4 nitrogen and oxygen atoms in total. The number of hydrogen-bond donors (Lipinski definition) is 0. The average molecular weight is 491 g/mol. The molecule has 172 valence electrons. The van der Waals surface area contributed by atoms with Crippen molar-refractivity contribution >= 4 is 62.7 Å². The molecule has 0 bridgehead atoms. The minimum Gasteiger partial charge on any atom is -0.458 e. The summed E-state index contributed by atoms with van der Waals surface area (Å²) in [6, 6.07) is 38.6. The second-order valence-corrected chi connectivity index (χ2v) is 10.7. The quantitative estimate of drug-likeness (QED) is 0.284. The number of hydrogen-bond acceptors (Lipinski definition) is 3. The van der Waals surface area contributed by atoms with Gasteiger partial charge in [0.25, 0.3) is 6.71 Å². The van der Waals surface area contributed by atoms with Crippen LogP contribution in [0.1, 0.15) is 0 Å². The SMILES string of the molecule is c1ccc2c(c1)Oc1cc(-n3c4ccccc4n4c5ccccc5nc34)cc3c1B2c1ccccc1S3. The molecule has 0 unspecified atom stereocenters. The topological polar surface area (TPSA) is 31.5 Å². The maximum Gasteiger partial charge on any atom is 0.253 e. The van der Waals surface area contributed by atoms with Crippen molar-refractivity contribution < 1.29 is 4.74 Å². The van der Waals surface area contributed by atoms with Crippen LogP contribution in [0.3, 0.4) is 0 Å². The Morgan fingerprint density at radius 2 is 1.38 bits per heavy atom. The van der Waals surface area contributed by atoms with E-state index in [0.29, 0.717) is 0 Å². The van der Waals surface area contributed by atoms with E-state index >= 15 is 0 Å². The van der Waals surface area contributed by atoms with Crippen molar-refractivity contribution in [2.45, 2.75) is 9.79 Å². The fourth-order valence-corrected chi connectivity index (χ4v) is 7.31. The summed E-state index contributed by atoms with van der Waals surface area (Å²) < 4.78 is 11.1. The molecular weight excluding hydrogens is 473 g/mol. The van der Waals surface area contributed by atoms with Crippen LogP contribution < -0.4 is 21.1 Å². The summed E-state index contributed by atoms with van der Waals surface area (Å²) >= 11 is 1.83. The summed E-state index contributed by atoms with van der Waals surface area (Å²) in [6.07, 6.45) is 0. The molecule has 0 radical (unpaired) electrons. The molecule has 4 heterocycles. The third-order valence-corrected chi connectivity index (χ3v) is 8.79. The zero-order valence-corrected chi connectivity index (χ0v) is 20.4. The van der Waals surface area contributed by atoms with E-state index in [1.807, 2.05) is 17.8 Å². The molecule has 0 fully saturated rings. The van der Waals surface area contributed by atoms with E-state index in [4.69, 9.17) is 9.72 Å². The lowest BCUT2D eigenvalue weighted by molar-refractivity contribution is 0.486. The van der Waals surface area contributed by atoms with Gasteiger partial charge in [0.2, 0.25) is 5.78 Å². The summed E-state index contributed by atoms with van der Waals surface area (Å²) in [4.78, 5) is 7.61. The average Bonchev–Trinajstić information content (AvgIpc) is 3.47. The number of rotatable bonds is 1. The molecule has 0 aliphatic carbocycles. The van der Waals surface area contributed by atoms with E-state index in [2.05, 4.69) is 112 Å². The molecule has 0 spiro atoms. The van der Waals surface area contributed by atoms with Crippen LogP contribution >= 0.6 is 11.8 Å². The zero-order chi connectivity index (χ0) is 24.1. The van der Waals surface area contributed by atoms with Crippen LogP contribution in [-0.4, -0.2) is 20.7 Å². The van der Waals surface area contributed by atoms with Crippen LogP contribution in [-0.2, 0) is 0 Å². The van der Waals surface area contributed by atoms with Gasteiger partial charge in [0, 0.05) is 15.9 Å². The first-order valence-corrected chi connectivity index (χ1v) is 13.3. The summed E-state index contributed by atoms with van der Waals surface area (Å²) in [6.45, 7) is 0.164. The fraction of sp³-hybridized carbons (Fsp3) is 0. The number of fused-ring (bicyclic) bond motifs is 9. The molecule has 0 saturated heterocycles. The highest BCUT2D eigenvalue weighted by Gasteiger charge is 2.39. The van der Waals surface area contributed by atoms with Crippen LogP contribution in [0, 0.1) is 0 Å². The Labute approximate surface area is 217 Å². The standard InChI is InChI=1S/C31H18BN3OS/c1-7-15-26-20(9-1)32-21-10-2-8-16-28(21)37-29-18-19(17-27(36-26)30(29)32)34-24-13-5-6-14-25(24)35-23-12-4-3-11-22(23)33-31(34)35/h1-18H. The predicted octanol–water partition coefficient (Wildman–Crippen LogP) is 5.52. The third kappa shape index (κ3) is 2.58. The van der Waals surface area contributed by atoms with Crippen LogP contribution in [0.4, 0.5) is 0 Å². The Kier molecular flexibility index (Phi) is 3.78. The minimum atomic E-state index is 0.164. The van der Waals surface area contributed by atoms with Crippen molar-refractivity contribution in [3.05, 3.63) is 109 Å². The van der Waals surface area contributed by atoms with E-state index in [1.165, 1.54) is 26.2 Å². The first kappa shape index (κ1) is 19.7. The molecule has 2 aromatic heterocycles. The zero-order valence-electron chi connectivity index (χ0n) is 19.6. The molecular formula is C31H18BN3OS. The smallest absolute Gasteiger partial charge is 0.253 e.